The highest BCUT2D eigenvalue weighted by atomic mass is 35.5. The van der Waals surface area contributed by atoms with E-state index in [9.17, 15) is 21.6 Å². The fourth-order valence-corrected chi connectivity index (χ4v) is 4.93. The highest BCUT2D eigenvalue weighted by molar-refractivity contribution is 7.93. The number of thiazole rings is 1. The summed E-state index contributed by atoms with van der Waals surface area (Å²) in [6.07, 6.45) is -1.86. The first-order chi connectivity index (χ1) is 15.9. The predicted molar refractivity (Wildman–Crippen MR) is 124 cm³/mol. The van der Waals surface area contributed by atoms with Gasteiger partial charge in [-0.1, -0.05) is 23.7 Å². The van der Waals surface area contributed by atoms with Crippen LogP contribution in [0.3, 0.4) is 0 Å². The standard InChI is InChI=1S/C19H14ClN3O2S2.C2HF3O2/c1-12-10-14(20)2-4-16(12)18-17-5-3-15(11-13(17)6-7-21-18)27(24,25)23-19-22-8-9-26-19;3-2(4,5)1(6)7/h2-11H,1H3,(H,22,23);(H,6,7). The van der Waals surface area contributed by atoms with Crippen LogP contribution < -0.4 is 4.72 Å². The lowest BCUT2D eigenvalue weighted by Gasteiger charge is -2.11. The third-order valence-corrected chi connectivity index (χ3v) is 6.78. The zero-order valence-electron chi connectivity index (χ0n) is 17.2. The summed E-state index contributed by atoms with van der Waals surface area (Å²) in [6.45, 7) is 1.97. The number of carbonyl (C=O) groups is 1. The highest BCUT2D eigenvalue weighted by Crippen LogP contribution is 2.31. The lowest BCUT2D eigenvalue weighted by atomic mass is 10.0. The summed E-state index contributed by atoms with van der Waals surface area (Å²) in [4.78, 5) is 17.5. The first kappa shape index (κ1) is 25.4. The van der Waals surface area contributed by atoms with Crippen molar-refractivity contribution >= 4 is 54.8 Å². The largest absolute Gasteiger partial charge is 0.490 e. The van der Waals surface area contributed by atoms with E-state index >= 15 is 0 Å². The van der Waals surface area contributed by atoms with E-state index in [4.69, 9.17) is 21.5 Å². The number of carboxylic acid groups (broad SMARTS) is 1. The predicted octanol–water partition coefficient (Wildman–Crippen LogP) is 5.75. The second kappa shape index (κ2) is 9.95. The monoisotopic (exact) mass is 529 g/mol. The summed E-state index contributed by atoms with van der Waals surface area (Å²) in [5, 5.41) is 11.5. The second-order valence-electron chi connectivity index (χ2n) is 6.75. The molecular weight excluding hydrogens is 515 g/mol. The van der Waals surface area contributed by atoms with Crippen molar-refractivity contribution in [2.75, 3.05) is 4.72 Å². The maximum absolute atomic E-state index is 12.6. The van der Waals surface area contributed by atoms with Crippen molar-refractivity contribution in [1.82, 2.24) is 9.97 Å². The van der Waals surface area contributed by atoms with Gasteiger partial charge in [0.05, 0.1) is 10.6 Å². The topological polar surface area (TPSA) is 109 Å². The molecule has 0 aliphatic heterocycles. The third-order valence-electron chi connectivity index (χ3n) is 4.39. The Morgan fingerprint density at radius 3 is 2.38 bits per heavy atom. The van der Waals surface area contributed by atoms with E-state index in [-0.39, 0.29) is 4.90 Å². The molecular formula is C21H15ClF3N3O4S2. The number of anilines is 1. The molecule has 0 aliphatic carbocycles. The van der Waals surface area contributed by atoms with Crippen LogP contribution in [0.1, 0.15) is 5.56 Å². The number of nitrogens with zero attached hydrogens (tertiary/aromatic N) is 2. The van der Waals surface area contributed by atoms with Gasteiger partial charge in [-0.25, -0.2) is 18.2 Å². The summed E-state index contributed by atoms with van der Waals surface area (Å²) < 4.78 is 59.5. The molecule has 0 radical (unpaired) electrons. The number of carboxylic acids is 1. The normalized spacial score (nSPS) is 11.6. The molecule has 0 saturated heterocycles. The van der Waals surface area contributed by atoms with Gasteiger partial charge >= 0.3 is 12.1 Å². The zero-order chi connectivity index (χ0) is 25.1. The van der Waals surface area contributed by atoms with Crippen molar-refractivity contribution in [3.05, 3.63) is 70.8 Å². The molecule has 34 heavy (non-hydrogen) atoms. The van der Waals surface area contributed by atoms with Gasteiger partial charge < -0.3 is 5.11 Å². The number of aromatic nitrogens is 2. The smallest absolute Gasteiger partial charge is 0.475 e. The van der Waals surface area contributed by atoms with Gasteiger partial charge in [-0.3, -0.25) is 9.71 Å². The van der Waals surface area contributed by atoms with Crippen LogP contribution in [0.4, 0.5) is 18.3 Å². The van der Waals surface area contributed by atoms with Crippen molar-refractivity contribution in [3.8, 4) is 11.3 Å². The fraction of sp³-hybridized carbons (Fsp3) is 0.0952. The van der Waals surface area contributed by atoms with Crippen molar-refractivity contribution < 1.29 is 31.5 Å². The Hall–Kier alpha value is -3.22. The van der Waals surface area contributed by atoms with Gasteiger partial charge in [0, 0.05) is 33.7 Å². The fourth-order valence-electron chi connectivity index (χ4n) is 2.88. The Balaban J connectivity index is 0.000000406. The Morgan fingerprint density at radius 1 is 1.09 bits per heavy atom. The number of sulfonamides is 1. The average molecular weight is 530 g/mol. The van der Waals surface area contributed by atoms with Gasteiger partial charge in [0.15, 0.2) is 5.13 Å². The van der Waals surface area contributed by atoms with Gasteiger partial charge in [-0.05, 0) is 48.2 Å². The maximum Gasteiger partial charge on any atom is 0.490 e. The molecule has 0 unspecified atom stereocenters. The van der Waals surface area contributed by atoms with Gasteiger partial charge in [0.2, 0.25) is 0 Å². The molecule has 0 spiro atoms. The van der Waals surface area contributed by atoms with Gasteiger partial charge in [0.25, 0.3) is 10.0 Å². The molecule has 2 N–H and O–H groups in total. The van der Waals surface area contributed by atoms with Crippen molar-refractivity contribution in [3.63, 3.8) is 0 Å². The number of aliphatic carboxylic acids is 1. The summed E-state index contributed by atoms with van der Waals surface area (Å²) in [6, 6.07) is 12.4. The van der Waals surface area contributed by atoms with E-state index in [1.165, 1.54) is 11.3 Å². The molecule has 0 atom stereocenters. The number of hydrogen-bond donors (Lipinski definition) is 2. The van der Waals surface area contributed by atoms with Crippen LogP contribution >= 0.6 is 22.9 Å². The summed E-state index contributed by atoms with van der Waals surface area (Å²) >= 11 is 7.28. The average Bonchev–Trinajstić information content (AvgIpc) is 3.25. The van der Waals surface area contributed by atoms with Crippen LogP contribution in [-0.2, 0) is 14.8 Å². The van der Waals surface area contributed by atoms with Crippen LogP contribution in [0.2, 0.25) is 5.02 Å². The minimum Gasteiger partial charge on any atom is -0.475 e. The molecule has 2 aromatic carbocycles. The number of alkyl halides is 3. The highest BCUT2D eigenvalue weighted by Gasteiger charge is 2.38. The van der Waals surface area contributed by atoms with Crippen molar-refractivity contribution in [2.45, 2.75) is 18.0 Å². The molecule has 0 saturated carbocycles. The van der Waals surface area contributed by atoms with Crippen LogP contribution in [0.5, 0.6) is 0 Å². The van der Waals surface area contributed by atoms with Crippen LogP contribution in [0, 0.1) is 6.92 Å². The summed E-state index contributed by atoms with van der Waals surface area (Å²) in [5.41, 5.74) is 2.75. The van der Waals surface area contributed by atoms with E-state index in [0.29, 0.717) is 10.2 Å². The first-order valence-electron chi connectivity index (χ1n) is 9.26. The van der Waals surface area contributed by atoms with E-state index < -0.39 is 22.2 Å². The lowest BCUT2D eigenvalue weighted by Crippen LogP contribution is -2.21. The molecule has 0 amide bonds. The third kappa shape index (κ3) is 6.01. The van der Waals surface area contributed by atoms with Crippen LogP contribution in [0.15, 0.2) is 65.1 Å². The number of benzene rings is 2. The van der Waals surface area contributed by atoms with Crippen LogP contribution in [-0.4, -0.2) is 35.6 Å². The van der Waals surface area contributed by atoms with Gasteiger partial charge in [-0.15, -0.1) is 11.3 Å². The Kier molecular flexibility index (Phi) is 7.44. The van der Waals surface area contributed by atoms with Crippen molar-refractivity contribution in [1.29, 1.82) is 0 Å². The van der Waals surface area contributed by atoms with E-state index in [2.05, 4.69) is 14.7 Å². The quantitative estimate of drug-likeness (QED) is 0.348. The number of fused-ring (bicyclic) bond motifs is 1. The molecule has 13 heteroatoms. The van der Waals surface area contributed by atoms with Crippen LogP contribution in [0.25, 0.3) is 22.0 Å². The molecule has 0 aliphatic rings. The Labute approximate surface area is 200 Å². The lowest BCUT2D eigenvalue weighted by molar-refractivity contribution is -0.192. The summed E-state index contributed by atoms with van der Waals surface area (Å²) in [5.74, 6) is -2.76. The molecule has 0 fully saturated rings. The Bertz CT molecular complexity index is 1440. The van der Waals surface area contributed by atoms with Gasteiger partial charge in [0.1, 0.15) is 0 Å². The molecule has 7 nitrogen and oxygen atoms in total. The Morgan fingerprint density at radius 2 is 1.79 bits per heavy atom. The molecule has 2 heterocycles. The number of hydrogen-bond acceptors (Lipinski definition) is 6. The summed E-state index contributed by atoms with van der Waals surface area (Å²) in [7, 11) is -3.71. The van der Waals surface area contributed by atoms with Gasteiger partial charge in [-0.2, -0.15) is 13.2 Å². The van der Waals surface area contributed by atoms with E-state index in [0.717, 1.165) is 27.6 Å². The molecule has 0 bridgehead atoms. The number of aryl methyl sites for hydroxylation is 1. The molecule has 4 rings (SSSR count). The number of nitrogens with one attached hydrogen (secondary N) is 1. The number of halogens is 4. The van der Waals surface area contributed by atoms with E-state index in [1.807, 2.05) is 25.1 Å². The zero-order valence-corrected chi connectivity index (χ0v) is 19.6. The minimum absolute atomic E-state index is 0.176. The molecule has 2 aromatic heterocycles. The minimum atomic E-state index is -5.08. The number of rotatable bonds is 4. The molecule has 4 aromatic rings. The molecule has 178 valence electrons. The second-order valence-corrected chi connectivity index (χ2v) is 9.76. The number of pyridine rings is 1. The maximum atomic E-state index is 12.6. The van der Waals surface area contributed by atoms with Crippen molar-refractivity contribution in [2.24, 2.45) is 0 Å². The first-order valence-corrected chi connectivity index (χ1v) is 12.0. The SMILES string of the molecule is Cc1cc(Cl)ccc1-c1nccc2cc(S(=O)(=O)Nc3nccs3)ccc12.O=C(O)C(F)(F)F. The van der Waals surface area contributed by atoms with E-state index in [1.54, 1.807) is 42.0 Å².